The molecule has 4 rings (SSSR count). The van der Waals surface area contributed by atoms with E-state index in [-0.39, 0.29) is 5.97 Å². The van der Waals surface area contributed by atoms with Crippen LogP contribution in [0, 0.1) is 0 Å². The fourth-order valence-corrected chi connectivity index (χ4v) is 3.48. The summed E-state index contributed by atoms with van der Waals surface area (Å²) in [4.78, 5) is 26.7. The number of nitrogens with one attached hydrogen (secondary N) is 1. The number of carbonyl (C=O) groups excluding carboxylic acids is 1. The molecule has 1 fully saturated rings. The first kappa shape index (κ1) is 16.6. The summed E-state index contributed by atoms with van der Waals surface area (Å²) in [6.07, 6.45) is 3.79. The first-order valence-corrected chi connectivity index (χ1v) is 9.07. The largest absolute Gasteiger partial charge is 0.462 e. The van der Waals surface area contributed by atoms with Crippen LogP contribution in [0.15, 0.2) is 42.6 Å². The summed E-state index contributed by atoms with van der Waals surface area (Å²) in [5.41, 5.74) is 2.58. The number of para-hydroxylation sites is 2. The van der Waals surface area contributed by atoms with Gasteiger partial charge in [0.2, 0.25) is 0 Å². The number of rotatable bonds is 4. The maximum Gasteiger partial charge on any atom is 0.339 e. The van der Waals surface area contributed by atoms with Crippen LogP contribution < -0.4 is 4.90 Å². The predicted molar refractivity (Wildman–Crippen MR) is 100 cm³/mol. The van der Waals surface area contributed by atoms with Crippen molar-refractivity contribution in [1.82, 2.24) is 15.0 Å². The Hall–Kier alpha value is -2.89. The van der Waals surface area contributed by atoms with Gasteiger partial charge >= 0.3 is 5.97 Å². The lowest BCUT2D eigenvalue weighted by atomic mass is 9.97. The zero-order valence-electron chi connectivity index (χ0n) is 14.8. The minimum absolute atomic E-state index is 0.328. The lowest BCUT2D eigenvalue weighted by Gasteiger charge is -2.32. The highest BCUT2D eigenvalue weighted by Gasteiger charge is 2.24. The summed E-state index contributed by atoms with van der Waals surface area (Å²) in [7, 11) is 0. The molecule has 0 aliphatic carbocycles. The van der Waals surface area contributed by atoms with Gasteiger partial charge < -0.3 is 14.6 Å². The molecule has 6 nitrogen and oxygen atoms in total. The van der Waals surface area contributed by atoms with Crippen molar-refractivity contribution in [3.05, 3.63) is 54.0 Å². The molecule has 1 atom stereocenters. The molecule has 3 heterocycles. The van der Waals surface area contributed by atoms with Gasteiger partial charge in [-0.05, 0) is 44.0 Å². The monoisotopic (exact) mass is 350 g/mol. The molecular weight excluding hydrogens is 328 g/mol. The van der Waals surface area contributed by atoms with Crippen molar-refractivity contribution in [3.8, 4) is 0 Å². The van der Waals surface area contributed by atoms with Crippen molar-refractivity contribution in [1.29, 1.82) is 0 Å². The van der Waals surface area contributed by atoms with Crippen LogP contribution in [-0.4, -0.2) is 40.6 Å². The Labute approximate surface area is 152 Å². The van der Waals surface area contributed by atoms with Gasteiger partial charge in [-0.15, -0.1) is 0 Å². The van der Waals surface area contributed by atoms with Gasteiger partial charge in [0.25, 0.3) is 0 Å². The second kappa shape index (κ2) is 7.15. The molecule has 6 heteroatoms. The first-order valence-electron chi connectivity index (χ1n) is 9.07. The van der Waals surface area contributed by atoms with Crippen LogP contribution >= 0.6 is 0 Å². The van der Waals surface area contributed by atoms with Gasteiger partial charge in [-0.2, -0.15) is 0 Å². The third-order valence-electron chi connectivity index (χ3n) is 4.80. The maximum absolute atomic E-state index is 11.8. The average Bonchev–Trinajstić information content (AvgIpc) is 3.13. The number of hydrogen-bond donors (Lipinski definition) is 1. The lowest BCUT2D eigenvalue weighted by molar-refractivity contribution is 0.0526. The number of H-pyrrole nitrogens is 1. The number of imidazole rings is 1. The number of aromatic nitrogens is 3. The Bertz CT molecular complexity index is 871. The summed E-state index contributed by atoms with van der Waals surface area (Å²) >= 11 is 0. The molecule has 0 spiro atoms. The van der Waals surface area contributed by atoms with Crippen LogP contribution in [0.2, 0.25) is 0 Å². The highest BCUT2D eigenvalue weighted by atomic mass is 16.5. The van der Waals surface area contributed by atoms with E-state index in [9.17, 15) is 4.79 Å². The molecule has 0 saturated carbocycles. The molecule has 1 aliphatic heterocycles. The molecule has 26 heavy (non-hydrogen) atoms. The van der Waals surface area contributed by atoms with Crippen LogP contribution in [-0.2, 0) is 4.74 Å². The van der Waals surface area contributed by atoms with Gasteiger partial charge in [0.15, 0.2) is 0 Å². The van der Waals surface area contributed by atoms with Crippen molar-refractivity contribution in [3.63, 3.8) is 0 Å². The Balaban J connectivity index is 1.50. The second-order valence-corrected chi connectivity index (χ2v) is 6.55. The van der Waals surface area contributed by atoms with E-state index in [1.54, 1.807) is 19.2 Å². The maximum atomic E-state index is 11.8. The molecule has 1 saturated heterocycles. The van der Waals surface area contributed by atoms with Crippen LogP contribution in [0.4, 0.5) is 5.82 Å². The number of nitrogens with zero attached hydrogens (tertiary/aromatic N) is 3. The van der Waals surface area contributed by atoms with Crippen molar-refractivity contribution in [2.45, 2.75) is 25.7 Å². The van der Waals surface area contributed by atoms with Gasteiger partial charge in [0.05, 0.1) is 23.2 Å². The molecule has 3 aromatic rings. The van der Waals surface area contributed by atoms with Gasteiger partial charge in [-0.25, -0.2) is 14.8 Å². The molecule has 0 radical (unpaired) electrons. The number of ether oxygens (including phenoxy) is 1. The number of pyridine rings is 1. The predicted octanol–water partition coefficient (Wildman–Crippen LogP) is 3.52. The third kappa shape index (κ3) is 3.27. The minimum atomic E-state index is -0.328. The number of aromatic amines is 1. The fraction of sp³-hybridized carbons (Fsp3) is 0.350. The zero-order valence-corrected chi connectivity index (χ0v) is 14.8. The van der Waals surface area contributed by atoms with Gasteiger partial charge in [0.1, 0.15) is 11.6 Å². The summed E-state index contributed by atoms with van der Waals surface area (Å²) in [6, 6.07) is 11.8. The average molecular weight is 350 g/mol. The number of anilines is 1. The molecule has 1 aliphatic rings. The molecule has 0 amide bonds. The number of hydrogen-bond acceptors (Lipinski definition) is 5. The smallest absolute Gasteiger partial charge is 0.339 e. The van der Waals surface area contributed by atoms with E-state index in [0.717, 1.165) is 48.6 Å². The van der Waals surface area contributed by atoms with Crippen molar-refractivity contribution in [2.75, 3.05) is 24.6 Å². The summed E-state index contributed by atoms with van der Waals surface area (Å²) in [6.45, 7) is 3.99. The van der Waals surface area contributed by atoms with Crippen LogP contribution in [0.25, 0.3) is 11.0 Å². The highest BCUT2D eigenvalue weighted by molar-refractivity contribution is 5.89. The van der Waals surface area contributed by atoms with E-state index < -0.39 is 0 Å². The van der Waals surface area contributed by atoms with Crippen molar-refractivity contribution < 1.29 is 9.53 Å². The van der Waals surface area contributed by atoms with Crippen molar-refractivity contribution in [2.24, 2.45) is 0 Å². The van der Waals surface area contributed by atoms with E-state index in [2.05, 4.69) is 20.9 Å². The molecular formula is C20H22N4O2. The van der Waals surface area contributed by atoms with Gasteiger partial charge in [0, 0.05) is 25.2 Å². The van der Waals surface area contributed by atoms with E-state index in [0.29, 0.717) is 18.1 Å². The van der Waals surface area contributed by atoms with Gasteiger partial charge in [-0.3, -0.25) is 0 Å². The Morgan fingerprint density at radius 3 is 2.96 bits per heavy atom. The van der Waals surface area contributed by atoms with E-state index in [1.807, 2.05) is 24.3 Å². The van der Waals surface area contributed by atoms with Crippen molar-refractivity contribution >= 4 is 22.8 Å². The molecule has 134 valence electrons. The summed E-state index contributed by atoms with van der Waals surface area (Å²) in [5, 5.41) is 0. The Morgan fingerprint density at radius 2 is 2.19 bits per heavy atom. The number of fused-ring (bicyclic) bond motifs is 1. The second-order valence-electron chi connectivity index (χ2n) is 6.55. The normalized spacial score (nSPS) is 17.4. The standard InChI is InChI=1S/C20H22N4O2/c1-2-26-20(25)14-9-10-18(21-12-14)24-11-5-6-15(13-24)19-22-16-7-3-4-8-17(16)23-19/h3-4,7-10,12,15H,2,5-6,11,13H2,1H3,(H,22,23)/t15-/m1/s1. The van der Waals surface area contributed by atoms with Crippen LogP contribution in [0.5, 0.6) is 0 Å². The Morgan fingerprint density at radius 1 is 1.31 bits per heavy atom. The minimum Gasteiger partial charge on any atom is -0.462 e. The summed E-state index contributed by atoms with van der Waals surface area (Å²) < 4.78 is 5.01. The van der Waals surface area contributed by atoms with E-state index in [1.165, 1.54) is 0 Å². The SMILES string of the molecule is CCOC(=O)c1ccc(N2CCC[C@@H](c3nc4ccccc4[nH]3)C2)nc1. The molecule has 2 aromatic heterocycles. The lowest BCUT2D eigenvalue weighted by Crippen LogP contribution is -2.35. The number of carbonyl (C=O) groups is 1. The van der Waals surface area contributed by atoms with Crippen LogP contribution in [0.3, 0.4) is 0 Å². The fourth-order valence-electron chi connectivity index (χ4n) is 3.48. The van der Waals surface area contributed by atoms with E-state index >= 15 is 0 Å². The zero-order chi connectivity index (χ0) is 17.9. The molecule has 0 bridgehead atoms. The Kier molecular flexibility index (Phi) is 4.56. The number of esters is 1. The quantitative estimate of drug-likeness (QED) is 0.729. The molecule has 1 aromatic carbocycles. The summed E-state index contributed by atoms with van der Waals surface area (Å²) in [5.74, 6) is 1.95. The number of piperidine rings is 1. The topological polar surface area (TPSA) is 71.1 Å². The molecule has 0 unspecified atom stereocenters. The highest BCUT2D eigenvalue weighted by Crippen LogP contribution is 2.29. The number of benzene rings is 1. The van der Waals surface area contributed by atoms with Gasteiger partial charge in [-0.1, -0.05) is 12.1 Å². The molecule has 1 N–H and O–H groups in total. The first-order chi connectivity index (χ1) is 12.7. The van der Waals surface area contributed by atoms with E-state index in [4.69, 9.17) is 9.72 Å². The van der Waals surface area contributed by atoms with Crippen LogP contribution in [0.1, 0.15) is 41.9 Å². The third-order valence-corrected chi connectivity index (χ3v) is 4.80.